The van der Waals surface area contributed by atoms with Gasteiger partial charge in [-0.2, -0.15) is 5.01 Å². The van der Waals surface area contributed by atoms with Gasteiger partial charge in [-0.25, -0.2) is 9.80 Å². The number of hydrogen-bond acceptors (Lipinski definition) is 6. The molecule has 2 rings (SSSR count). The number of nitrogens with zero attached hydrogens (tertiary/aromatic N) is 2. The standard InChI is InChI=1S/C23H31N3O5/c1-15(2)13-18(22(30)31-23(3,4)5)25(26-19(27)11-12-20(26)28)21(29)17(24)14-16-9-7-6-8-10-16/h6-12,15,17-18H,13-14,24H2,1-5H3/t17-,18-/m0/s1. The number of rotatable bonds is 8. The van der Waals surface area contributed by atoms with E-state index in [2.05, 4.69) is 0 Å². The van der Waals surface area contributed by atoms with Gasteiger partial charge in [-0.3, -0.25) is 14.4 Å². The average molecular weight is 430 g/mol. The van der Waals surface area contributed by atoms with E-state index in [-0.39, 0.29) is 18.8 Å². The van der Waals surface area contributed by atoms with Crippen LogP contribution in [-0.4, -0.2) is 51.4 Å². The molecule has 0 bridgehead atoms. The lowest BCUT2D eigenvalue weighted by atomic mass is 10.0. The Kier molecular flexibility index (Phi) is 7.73. The number of amides is 3. The summed E-state index contributed by atoms with van der Waals surface area (Å²) in [6, 6.07) is 6.89. The molecule has 0 spiro atoms. The summed E-state index contributed by atoms with van der Waals surface area (Å²) < 4.78 is 5.52. The topological polar surface area (TPSA) is 110 Å². The quantitative estimate of drug-likeness (QED) is 0.500. The van der Waals surface area contributed by atoms with Gasteiger partial charge in [0.1, 0.15) is 5.60 Å². The number of ether oxygens (including phenoxy) is 1. The lowest BCUT2D eigenvalue weighted by Gasteiger charge is -2.38. The average Bonchev–Trinajstić information content (AvgIpc) is 2.99. The van der Waals surface area contributed by atoms with Crippen molar-refractivity contribution in [1.29, 1.82) is 0 Å². The Morgan fingerprint density at radius 2 is 1.61 bits per heavy atom. The Labute approximate surface area is 183 Å². The molecule has 0 aromatic heterocycles. The van der Waals surface area contributed by atoms with Gasteiger partial charge in [0.05, 0.1) is 6.04 Å². The van der Waals surface area contributed by atoms with Crippen LogP contribution in [0.15, 0.2) is 42.5 Å². The molecule has 8 nitrogen and oxygen atoms in total. The van der Waals surface area contributed by atoms with Gasteiger partial charge in [0.15, 0.2) is 6.04 Å². The van der Waals surface area contributed by atoms with Crippen LogP contribution >= 0.6 is 0 Å². The van der Waals surface area contributed by atoms with Crippen LogP contribution in [0.5, 0.6) is 0 Å². The van der Waals surface area contributed by atoms with Crippen LogP contribution in [0, 0.1) is 5.92 Å². The van der Waals surface area contributed by atoms with Crippen molar-refractivity contribution >= 4 is 23.7 Å². The first-order valence-electron chi connectivity index (χ1n) is 10.3. The maximum Gasteiger partial charge on any atom is 0.331 e. The number of hydrazine groups is 1. The highest BCUT2D eigenvalue weighted by Gasteiger charge is 2.44. The molecule has 2 atom stereocenters. The molecule has 1 aromatic rings. The molecular weight excluding hydrogens is 398 g/mol. The fraction of sp³-hybridized carbons (Fsp3) is 0.478. The summed E-state index contributed by atoms with van der Waals surface area (Å²) in [6.45, 7) is 8.86. The van der Waals surface area contributed by atoms with Crippen molar-refractivity contribution in [3.8, 4) is 0 Å². The summed E-state index contributed by atoms with van der Waals surface area (Å²) in [4.78, 5) is 51.4. The van der Waals surface area contributed by atoms with E-state index < -0.39 is 41.4 Å². The minimum atomic E-state index is -1.18. The van der Waals surface area contributed by atoms with E-state index in [1.54, 1.807) is 20.8 Å². The van der Waals surface area contributed by atoms with E-state index in [1.165, 1.54) is 0 Å². The fourth-order valence-corrected chi connectivity index (χ4v) is 3.23. The highest BCUT2D eigenvalue weighted by atomic mass is 16.6. The van der Waals surface area contributed by atoms with Crippen LogP contribution in [-0.2, 0) is 30.3 Å². The van der Waals surface area contributed by atoms with Gasteiger partial charge in [0.2, 0.25) is 0 Å². The molecule has 0 radical (unpaired) electrons. The van der Waals surface area contributed by atoms with E-state index >= 15 is 0 Å². The SMILES string of the molecule is CC(C)C[C@@H](C(=O)OC(C)(C)C)N(C(=O)[C@@H](N)Cc1ccccc1)N1C(=O)C=CC1=O. The predicted octanol–water partition coefficient (Wildman–Crippen LogP) is 1.98. The smallest absolute Gasteiger partial charge is 0.331 e. The van der Waals surface area contributed by atoms with Crippen LogP contribution in [0.4, 0.5) is 0 Å². The van der Waals surface area contributed by atoms with E-state index in [1.807, 2.05) is 44.2 Å². The third-order valence-corrected chi connectivity index (χ3v) is 4.51. The van der Waals surface area contributed by atoms with Crippen LogP contribution in [0.25, 0.3) is 0 Å². The molecule has 1 aliphatic heterocycles. The first-order chi connectivity index (χ1) is 14.4. The number of esters is 1. The van der Waals surface area contributed by atoms with Gasteiger partial charge in [0.25, 0.3) is 17.7 Å². The highest BCUT2D eigenvalue weighted by molar-refractivity contribution is 6.14. The number of hydrogen-bond donors (Lipinski definition) is 1. The van der Waals surface area contributed by atoms with Gasteiger partial charge in [0, 0.05) is 12.2 Å². The monoisotopic (exact) mass is 429 g/mol. The summed E-state index contributed by atoms with van der Waals surface area (Å²) in [6.07, 6.45) is 2.50. The molecule has 168 valence electrons. The molecule has 1 aliphatic rings. The van der Waals surface area contributed by atoms with Gasteiger partial charge in [-0.1, -0.05) is 44.2 Å². The second kappa shape index (κ2) is 9.87. The molecule has 1 aromatic carbocycles. The van der Waals surface area contributed by atoms with Crippen molar-refractivity contribution in [3.05, 3.63) is 48.0 Å². The molecule has 0 unspecified atom stereocenters. The largest absolute Gasteiger partial charge is 0.458 e. The van der Waals surface area contributed by atoms with Crippen LogP contribution in [0.1, 0.15) is 46.6 Å². The third kappa shape index (κ3) is 6.49. The molecular formula is C23H31N3O5. The van der Waals surface area contributed by atoms with Crippen molar-refractivity contribution in [2.45, 2.75) is 65.1 Å². The summed E-state index contributed by atoms with van der Waals surface area (Å²) in [5.74, 6) is -2.84. The van der Waals surface area contributed by atoms with Crippen molar-refractivity contribution in [2.24, 2.45) is 11.7 Å². The zero-order valence-electron chi connectivity index (χ0n) is 18.7. The van der Waals surface area contributed by atoms with Crippen LogP contribution < -0.4 is 5.73 Å². The number of nitrogens with two attached hydrogens (primary N) is 1. The Morgan fingerprint density at radius 3 is 2.10 bits per heavy atom. The Balaban J connectivity index is 2.43. The summed E-state index contributed by atoms with van der Waals surface area (Å²) in [5.41, 5.74) is 6.19. The van der Waals surface area contributed by atoms with E-state index in [0.717, 1.165) is 22.7 Å². The maximum absolute atomic E-state index is 13.4. The summed E-state index contributed by atoms with van der Waals surface area (Å²) in [5, 5.41) is 1.58. The molecule has 31 heavy (non-hydrogen) atoms. The molecule has 1 heterocycles. The van der Waals surface area contributed by atoms with Crippen LogP contribution in [0.2, 0.25) is 0 Å². The first kappa shape index (κ1) is 24.3. The molecule has 0 fully saturated rings. The number of benzene rings is 1. The zero-order chi connectivity index (χ0) is 23.3. The maximum atomic E-state index is 13.4. The lowest BCUT2D eigenvalue weighted by Crippen LogP contribution is -2.62. The highest BCUT2D eigenvalue weighted by Crippen LogP contribution is 2.23. The van der Waals surface area contributed by atoms with Crippen molar-refractivity contribution in [3.63, 3.8) is 0 Å². The minimum absolute atomic E-state index is 0.0288. The van der Waals surface area contributed by atoms with Gasteiger partial charge in [-0.15, -0.1) is 0 Å². The molecule has 2 N–H and O–H groups in total. The third-order valence-electron chi connectivity index (χ3n) is 4.51. The first-order valence-corrected chi connectivity index (χ1v) is 10.3. The van der Waals surface area contributed by atoms with Gasteiger partial charge < -0.3 is 10.5 Å². The Morgan fingerprint density at radius 1 is 1.06 bits per heavy atom. The number of carbonyl (C=O) groups is 4. The van der Waals surface area contributed by atoms with Crippen molar-refractivity contribution in [1.82, 2.24) is 10.0 Å². The molecule has 8 heteroatoms. The van der Waals surface area contributed by atoms with Gasteiger partial charge in [-0.05, 0) is 45.1 Å². The molecule has 0 saturated heterocycles. The Bertz CT molecular complexity index is 840. The minimum Gasteiger partial charge on any atom is -0.458 e. The summed E-state index contributed by atoms with van der Waals surface area (Å²) >= 11 is 0. The van der Waals surface area contributed by atoms with Crippen molar-refractivity contribution in [2.75, 3.05) is 0 Å². The van der Waals surface area contributed by atoms with Crippen LogP contribution in [0.3, 0.4) is 0 Å². The molecule has 3 amide bonds. The second-order valence-electron chi connectivity index (χ2n) is 8.98. The Hall–Kier alpha value is -3.00. The predicted molar refractivity (Wildman–Crippen MR) is 115 cm³/mol. The van der Waals surface area contributed by atoms with E-state index in [4.69, 9.17) is 10.5 Å². The van der Waals surface area contributed by atoms with Crippen molar-refractivity contribution < 1.29 is 23.9 Å². The van der Waals surface area contributed by atoms with E-state index in [9.17, 15) is 19.2 Å². The number of carbonyl (C=O) groups excluding carboxylic acids is 4. The lowest BCUT2D eigenvalue weighted by molar-refractivity contribution is -0.184. The molecule has 0 saturated carbocycles. The van der Waals surface area contributed by atoms with E-state index in [0.29, 0.717) is 5.01 Å². The zero-order valence-corrected chi connectivity index (χ0v) is 18.7. The number of imide groups is 1. The molecule has 0 aliphatic carbocycles. The summed E-state index contributed by atoms with van der Waals surface area (Å²) in [7, 11) is 0. The second-order valence-corrected chi connectivity index (χ2v) is 8.98. The fourth-order valence-electron chi connectivity index (χ4n) is 3.23. The normalized spacial score (nSPS) is 15.9. The van der Waals surface area contributed by atoms with Gasteiger partial charge >= 0.3 is 5.97 Å².